The van der Waals surface area contributed by atoms with E-state index in [0.717, 1.165) is 0 Å². The average Bonchev–Trinajstić information content (AvgIpc) is 2.95. The van der Waals surface area contributed by atoms with E-state index in [2.05, 4.69) is 5.32 Å². The van der Waals surface area contributed by atoms with Crippen LogP contribution in [0.15, 0.2) is 39.8 Å². The summed E-state index contributed by atoms with van der Waals surface area (Å²) in [5.41, 5.74) is -2.64. The number of halogens is 3. The molecule has 0 saturated carbocycles. The van der Waals surface area contributed by atoms with Crippen LogP contribution in [0.2, 0.25) is 0 Å². The molecular weight excluding hydrogens is 353 g/mol. The summed E-state index contributed by atoms with van der Waals surface area (Å²) in [5.74, 6) is -1.27. The van der Waals surface area contributed by atoms with E-state index in [9.17, 15) is 26.4 Å². The molecule has 2 aromatic rings. The van der Waals surface area contributed by atoms with Gasteiger partial charge in [-0.25, -0.2) is 18.4 Å². The number of nitrogens with one attached hydrogen (secondary N) is 1. The number of carboxylic acids is 1. The first-order valence-electron chi connectivity index (χ1n) is 6.27. The number of hydrogen-bond donors (Lipinski definition) is 3. The number of anilines is 1. The smallest absolute Gasteiger partial charge is 0.417 e. The fraction of sp³-hybridized carbons (Fsp3) is 0.154. The molecule has 0 aliphatic rings. The number of furan rings is 1. The van der Waals surface area contributed by atoms with Crippen molar-refractivity contribution in [1.82, 2.24) is 0 Å². The van der Waals surface area contributed by atoms with Crippen LogP contribution in [0, 0.1) is 0 Å². The van der Waals surface area contributed by atoms with Gasteiger partial charge >= 0.3 is 12.1 Å². The Balaban J connectivity index is 2.58. The Morgan fingerprint density at radius 2 is 2.00 bits per heavy atom. The normalized spacial score (nSPS) is 12.2. The predicted molar refractivity (Wildman–Crippen MR) is 75.8 cm³/mol. The molecule has 0 spiro atoms. The quantitative estimate of drug-likeness (QED) is 0.748. The van der Waals surface area contributed by atoms with Crippen LogP contribution in [0.1, 0.15) is 21.7 Å². The molecule has 0 amide bonds. The predicted octanol–water partition coefficient (Wildman–Crippen LogP) is 2.26. The minimum absolute atomic E-state index is 0.0979. The van der Waals surface area contributed by atoms with Crippen LogP contribution in [0.3, 0.4) is 0 Å². The van der Waals surface area contributed by atoms with Gasteiger partial charge < -0.3 is 14.8 Å². The summed E-state index contributed by atoms with van der Waals surface area (Å²) in [5, 5.41) is 16.4. The van der Waals surface area contributed by atoms with E-state index in [4.69, 9.17) is 14.7 Å². The summed E-state index contributed by atoms with van der Waals surface area (Å²) in [6.07, 6.45) is -3.71. The highest BCUT2D eigenvalue weighted by Gasteiger charge is 2.38. The van der Waals surface area contributed by atoms with Crippen molar-refractivity contribution in [3.8, 4) is 0 Å². The number of aromatic carboxylic acids is 1. The molecule has 0 unspecified atom stereocenters. The monoisotopic (exact) mass is 364 g/mol. The molecule has 24 heavy (non-hydrogen) atoms. The molecule has 1 heterocycles. The number of rotatable bonds is 5. The second-order valence-electron chi connectivity index (χ2n) is 4.67. The molecule has 0 fully saturated rings. The van der Waals surface area contributed by atoms with Crippen LogP contribution in [0.4, 0.5) is 18.9 Å². The molecule has 0 radical (unpaired) electrons. The second-order valence-corrected chi connectivity index (χ2v) is 6.20. The zero-order chi connectivity index (χ0) is 18.1. The minimum atomic E-state index is -5.04. The molecule has 0 saturated heterocycles. The number of primary sulfonamides is 1. The Morgan fingerprint density at radius 3 is 2.46 bits per heavy atom. The topological polar surface area (TPSA) is 123 Å². The first-order valence-corrected chi connectivity index (χ1v) is 7.82. The molecule has 4 N–H and O–H groups in total. The molecule has 130 valence electrons. The first-order chi connectivity index (χ1) is 11.0. The number of benzene rings is 1. The maximum absolute atomic E-state index is 13.1. The summed E-state index contributed by atoms with van der Waals surface area (Å²) in [6, 6.07) is 3.84. The molecule has 2 rings (SSSR count). The van der Waals surface area contributed by atoms with Crippen molar-refractivity contribution >= 4 is 21.7 Å². The lowest BCUT2D eigenvalue weighted by molar-refractivity contribution is -0.139. The first kappa shape index (κ1) is 17.8. The third kappa shape index (κ3) is 3.86. The van der Waals surface area contributed by atoms with Gasteiger partial charge in [0.1, 0.15) is 5.76 Å². The Hall–Kier alpha value is -2.53. The zero-order valence-corrected chi connectivity index (χ0v) is 12.6. The van der Waals surface area contributed by atoms with Gasteiger partial charge in [-0.1, -0.05) is 0 Å². The molecule has 1 aromatic carbocycles. The van der Waals surface area contributed by atoms with Gasteiger partial charge in [-0.3, -0.25) is 0 Å². The molecule has 0 aliphatic heterocycles. The largest absolute Gasteiger partial charge is 0.478 e. The van der Waals surface area contributed by atoms with Crippen molar-refractivity contribution in [1.29, 1.82) is 0 Å². The maximum Gasteiger partial charge on any atom is 0.417 e. The van der Waals surface area contributed by atoms with E-state index in [1.54, 1.807) is 6.07 Å². The average molecular weight is 364 g/mol. The van der Waals surface area contributed by atoms with E-state index >= 15 is 0 Å². The van der Waals surface area contributed by atoms with Crippen molar-refractivity contribution < 1.29 is 35.9 Å². The molecule has 11 heteroatoms. The van der Waals surface area contributed by atoms with Crippen molar-refractivity contribution in [2.75, 3.05) is 5.32 Å². The molecule has 0 atom stereocenters. The van der Waals surface area contributed by atoms with Crippen molar-refractivity contribution in [3.63, 3.8) is 0 Å². The van der Waals surface area contributed by atoms with Crippen LogP contribution in [0.5, 0.6) is 0 Å². The van der Waals surface area contributed by atoms with Crippen LogP contribution < -0.4 is 10.5 Å². The lowest BCUT2D eigenvalue weighted by Crippen LogP contribution is -2.21. The number of hydrogen-bond acceptors (Lipinski definition) is 5. The highest BCUT2D eigenvalue weighted by atomic mass is 32.2. The molecule has 7 nitrogen and oxygen atoms in total. The summed E-state index contributed by atoms with van der Waals surface area (Å²) in [6.45, 7) is -0.0979. The fourth-order valence-electron chi connectivity index (χ4n) is 1.96. The summed E-state index contributed by atoms with van der Waals surface area (Å²) in [7, 11) is -4.78. The van der Waals surface area contributed by atoms with Gasteiger partial charge in [0.15, 0.2) is 0 Å². The van der Waals surface area contributed by atoms with Crippen LogP contribution in [-0.2, 0) is 22.7 Å². The Morgan fingerprint density at radius 1 is 1.33 bits per heavy atom. The van der Waals surface area contributed by atoms with Crippen molar-refractivity contribution in [3.05, 3.63) is 47.4 Å². The SMILES string of the molecule is NS(=O)(=O)c1cc(C(=O)O)c(NCc2ccco2)cc1C(F)(F)F. The summed E-state index contributed by atoms with van der Waals surface area (Å²) in [4.78, 5) is 9.93. The van der Waals surface area contributed by atoms with Gasteiger partial charge in [0.2, 0.25) is 10.0 Å². The van der Waals surface area contributed by atoms with Crippen LogP contribution in [0.25, 0.3) is 0 Å². The maximum atomic E-state index is 13.1. The van der Waals surface area contributed by atoms with Crippen molar-refractivity contribution in [2.24, 2.45) is 5.14 Å². The number of sulfonamides is 1. The second kappa shape index (κ2) is 6.17. The Labute approximate surface area is 133 Å². The van der Waals surface area contributed by atoms with E-state index in [0.29, 0.717) is 17.9 Å². The lowest BCUT2D eigenvalue weighted by atomic mass is 10.1. The molecule has 0 bridgehead atoms. The third-order valence-electron chi connectivity index (χ3n) is 3.00. The highest BCUT2D eigenvalue weighted by molar-refractivity contribution is 7.89. The Kier molecular flexibility index (Phi) is 4.58. The van der Waals surface area contributed by atoms with Crippen LogP contribution >= 0.6 is 0 Å². The number of carbonyl (C=O) groups is 1. The van der Waals surface area contributed by atoms with E-state index in [-0.39, 0.29) is 6.54 Å². The Bertz CT molecular complexity index is 860. The van der Waals surface area contributed by atoms with E-state index < -0.39 is 43.9 Å². The van der Waals surface area contributed by atoms with Crippen LogP contribution in [-0.4, -0.2) is 19.5 Å². The van der Waals surface area contributed by atoms with Gasteiger partial charge in [-0.15, -0.1) is 0 Å². The highest BCUT2D eigenvalue weighted by Crippen LogP contribution is 2.37. The fourth-order valence-corrected chi connectivity index (χ4v) is 2.72. The molecular formula is C13H11F3N2O5S. The lowest BCUT2D eigenvalue weighted by Gasteiger charge is -2.16. The summed E-state index contributed by atoms with van der Waals surface area (Å²) >= 11 is 0. The molecule has 0 aliphatic carbocycles. The number of carboxylic acid groups (broad SMARTS) is 1. The summed E-state index contributed by atoms with van der Waals surface area (Å²) < 4.78 is 67.0. The number of nitrogens with two attached hydrogens (primary N) is 1. The van der Waals surface area contributed by atoms with E-state index in [1.165, 1.54) is 12.3 Å². The van der Waals surface area contributed by atoms with Gasteiger partial charge in [-0.2, -0.15) is 13.2 Å². The van der Waals surface area contributed by atoms with Crippen molar-refractivity contribution in [2.45, 2.75) is 17.6 Å². The van der Waals surface area contributed by atoms with Gasteiger partial charge in [0.25, 0.3) is 0 Å². The third-order valence-corrected chi connectivity index (χ3v) is 3.95. The number of alkyl halides is 3. The molecule has 1 aromatic heterocycles. The van der Waals surface area contributed by atoms with Gasteiger partial charge in [-0.05, 0) is 24.3 Å². The van der Waals surface area contributed by atoms with E-state index in [1.807, 2.05) is 0 Å². The van der Waals surface area contributed by atoms with Gasteiger partial charge in [0, 0.05) is 5.69 Å². The van der Waals surface area contributed by atoms with Gasteiger partial charge in [0.05, 0.1) is 28.8 Å². The minimum Gasteiger partial charge on any atom is -0.478 e. The zero-order valence-electron chi connectivity index (χ0n) is 11.8. The standard InChI is InChI=1S/C13H11F3N2O5S/c14-13(15,16)9-5-10(18-6-7-2-1-3-23-7)8(12(19)20)4-11(9)24(17,21)22/h1-5,18H,6H2,(H,19,20)(H2,17,21,22).